The first-order chi connectivity index (χ1) is 8.06. The van der Waals surface area contributed by atoms with E-state index in [2.05, 4.69) is 5.32 Å². The molecule has 94 valence electrons. The van der Waals surface area contributed by atoms with Crippen LogP contribution in [0.1, 0.15) is 11.6 Å². The first kappa shape index (κ1) is 13.9. The van der Waals surface area contributed by atoms with E-state index in [1.807, 2.05) is 0 Å². The molecule has 0 aliphatic heterocycles. The van der Waals surface area contributed by atoms with Crippen LogP contribution in [0.15, 0.2) is 18.2 Å². The standard InChI is InChI=1S/C11H13ClFNO3/c1-17-5-4-14-10(11(15)16)8-3-2-7(13)6-9(8)12/h2-3,6,10,14H,4-5H2,1H3,(H,15,16). The predicted octanol–water partition coefficient (Wildman–Crippen LogP) is 1.84. The number of halogens is 2. The fraction of sp³-hybridized carbons (Fsp3) is 0.364. The van der Waals surface area contributed by atoms with Crippen molar-refractivity contribution in [1.82, 2.24) is 5.32 Å². The molecule has 1 aromatic carbocycles. The van der Waals surface area contributed by atoms with E-state index in [1.54, 1.807) is 0 Å². The second kappa shape index (κ2) is 6.54. The number of ether oxygens (including phenoxy) is 1. The van der Waals surface area contributed by atoms with Gasteiger partial charge in [-0.2, -0.15) is 0 Å². The normalized spacial score (nSPS) is 12.4. The monoisotopic (exact) mass is 261 g/mol. The Morgan fingerprint density at radius 2 is 2.35 bits per heavy atom. The third-order valence-electron chi connectivity index (χ3n) is 2.18. The lowest BCUT2D eigenvalue weighted by Gasteiger charge is -2.15. The van der Waals surface area contributed by atoms with Crippen LogP contribution >= 0.6 is 11.6 Å². The third-order valence-corrected chi connectivity index (χ3v) is 2.50. The minimum atomic E-state index is -1.07. The van der Waals surface area contributed by atoms with Crippen LogP contribution in [-0.2, 0) is 9.53 Å². The maximum Gasteiger partial charge on any atom is 0.325 e. The summed E-state index contributed by atoms with van der Waals surface area (Å²) in [6.45, 7) is 0.740. The van der Waals surface area contributed by atoms with Crippen molar-refractivity contribution in [2.75, 3.05) is 20.3 Å². The van der Waals surface area contributed by atoms with Crippen LogP contribution in [0, 0.1) is 5.82 Å². The molecule has 0 aliphatic rings. The van der Waals surface area contributed by atoms with Gasteiger partial charge in [-0.3, -0.25) is 10.1 Å². The second-order valence-electron chi connectivity index (χ2n) is 3.38. The number of methoxy groups -OCH3 is 1. The summed E-state index contributed by atoms with van der Waals surface area (Å²) in [5, 5.41) is 11.9. The van der Waals surface area contributed by atoms with Crippen LogP contribution in [0.4, 0.5) is 4.39 Å². The SMILES string of the molecule is COCCNC(C(=O)O)c1ccc(F)cc1Cl. The van der Waals surface area contributed by atoms with Gasteiger partial charge >= 0.3 is 5.97 Å². The van der Waals surface area contributed by atoms with Gasteiger partial charge in [-0.15, -0.1) is 0 Å². The highest BCUT2D eigenvalue weighted by Crippen LogP contribution is 2.24. The molecule has 0 fully saturated rings. The number of hydrogen-bond acceptors (Lipinski definition) is 3. The maximum absolute atomic E-state index is 12.8. The molecule has 6 heteroatoms. The lowest BCUT2D eigenvalue weighted by Crippen LogP contribution is -2.31. The Balaban J connectivity index is 2.86. The molecule has 0 heterocycles. The summed E-state index contributed by atoms with van der Waals surface area (Å²) in [5.41, 5.74) is 0.330. The van der Waals surface area contributed by atoms with E-state index >= 15 is 0 Å². The van der Waals surface area contributed by atoms with Gasteiger partial charge in [0, 0.05) is 18.7 Å². The molecule has 17 heavy (non-hydrogen) atoms. The van der Waals surface area contributed by atoms with Crippen LogP contribution in [-0.4, -0.2) is 31.3 Å². The van der Waals surface area contributed by atoms with Crippen LogP contribution in [0.25, 0.3) is 0 Å². The molecule has 1 aromatic rings. The van der Waals surface area contributed by atoms with Crippen molar-refractivity contribution < 1.29 is 19.0 Å². The quantitative estimate of drug-likeness (QED) is 0.767. The third kappa shape index (κ3) is 3.96. The maximum atomic E-state index is 12.8. The Morgan fingerprint density at radius 1 is 1.65 bits per heavy atom. The van der Waals surface area contributed by atoms with E-state index < -0.39 is 17.8 Å². The zero-order valence-electron chi connectivity index (χ0n) is 9.24. The van der Waals surface area contributed by atoms with Gasteiger partial charge in [-0.05, 0) is 17.7 Å². The molecule has 2 N–H and O–H groups in total. The molecule has 0 radical (unpaired) electrons. The Hall–Kier alpha value is -1.17. The van der Waals surface area contributed by atoms with Crippen molar-refractivity contribution in [3.8, 4) is 0 Å². The number of benzene rings is 1. The molecule has 0 saturated heterocycles. The van der Waals surface area contributed by atoms with E-state index in [9.17, 15) is 9.18 Å². The molecule has 0 aromatic heterocycles. The Bertz CT molecular complexity index is 400. The molecular formula is C11H13ClFNO3. The van der Waals surface area contributed by atoms with E-state index in [0.717, 1.165) is 6.07 Å². The van der Waals surface area contributed by atoms with Gasteiger partial charge in [-0.1, -0.05) is 17.7 Å². The van der Waals surface area contributed by atoms with Crippen molar-refractivity contribution in [1.29, 1.82) is 0 Å². The minimum absolute atomic E-state index is 0.0855. The fourth-order valence-corrected chi connectivity index (χ4v) is 1.65. The average molecular weight is 262 g/mol. The second-order valence-corrected chi connectivity index (χ2v) is 3.79. The summed E-state index contributed by atoms with van der Waals surface area (Å²) in [7, 11) is 1.52. The van der Waals surface area contributed by atoms with Crippen molar-refractivity contribution in [2.45, 2.75) is 6.04 Å². The highest BCUT2D eigenvalue weighted by Gasteiger charge is 2.21. The smallest absolute Gasteiger partial charge is 0.325 e. The van der Waals surface area contributed by atoms with Gasteiger partial charge in [0.2, 0.25) is 0 Å². The van der Waals surface area contributed by atoms with Crippen molar-refractivity contribution in [3.63, 3.8) is 0 Å². The lowest BCUT2D eigenvalue weighted by molar-refractivity contribution is -0.139. The highest BCUT2D eigenvalue weighted by molar-refractivity contribution is 6.31. The van der Waals surface area contributed by atoms with Gasteiger partial charge < -0.3 is 9.84 Å². The van der Waals surface area contributed by atoms with E-state index in [1.165, 1.54) is 19.2 Å². The highest BCUT2D eigenvalue weighted by atomic mass is 35.5. The van der Waals surface area contributed by atoms with E-state index in [-0.39, 0.29) is 5.02 Å². The summed E-state index contributed by atoms with van der Waals surface area (Å²) in [5.74, 6) is -1.57. The molecule has 1 rings (SSSR count). The van der Waals surface area contributed by atoms with Crippen molar-refractivity contribution in [3.05, 3.63) is 34.6 Å². The molecule has 0 aliphatic carbocycles. The summed E-state index contributed by atoms with van der Waals surface area (Å²) < 4.78 is 17.7. The largest absolute Gasteiger partial charge is 0.480 e. The molecule has 1 atom stereocenters. The average Bonchev–Trinajstić information content (AvgIpc) is 2.25. The molecule has 0 bridgehead atoms. The Morgan fingerprint density at radius 3 is 2.88 bits per heavy atom. The molecule has 0 amide bonds. The van der Waals surface area contributed by atoms with Gasteiger partial charge in [0.25, 0.3) is 0 Å². The number of hydrogen-bond donors (Lipinski definition) is 2. The zero-order valence-corrected chi connectivity index (χ0v) is 10.00. The molecule has 4 nitrogen and oxygen atoms in total. The summed E-state index contributed by atoms with van der Waals surface area (Å²) in [6, 6.07) is 2.65. The zero-order chi connectivity index (χ0) is 12.8. The lowest BCUT2D eigenvalue weighted by atomic mass is 10.1. The van der Waals surface area contributed by atoms with Crippen molar-refractivity contribution in [2.24, 2.45) is 0 Å². The molecule has 0 spiro atoms. The van der Waals surface area contributed by atoms with Gasteiger partial charge in [-0.25, -0.2) is 4.39 Å². The minimum Gasteiger partial charge on any atom is -0.480 e. The topological polar surface area (TPSA) is 58.6 Å². The number of carbonyl (C=O) groups is 1. The van der Waals surface area contributed by atoms with E-state index in [0.29, 0.717) is 18.7 Å². The fourth-order valence-electron chi connectivity index (χ4n) is 1.37. The molecule has 1 unspecified atom stereocenters. The van der Waals surface area contributed by atoms with Crippen LogP contribution < -0.4 is 5.32 Å². The van der Waals surface area contributed by atoms with Gasteiger partial charge in [0.15, 0.2) is 0 Å². The molecular weight excluding hydrogens is 249 g/mol. The predicted molar refractivity (Wildman–Crippen MR) is 61.7 cm³/mol. The Labute approximate surface area is 103 Å². The van der Waals surface area contributed by atoms with Gasteiger partial charge in [0.05, 0.1) is 6.61 Å². The summed E-state index contributed by atoms with van der Waals surface area (Å²) in [4.78, 5) is 11.1. The number of carboxylic acids is 1. The number of aliphatic carboxylic acids is 1. The van der Waals surface area contributed by atoms with Gasteiger partial charge in [0.1, 0.15) is 11.9 Å². The van der Waals surface area contributed by atoms with Crippen LogP contribution in [0.2, 0.25) is 5.02 Å². The van der Waals surface area contributed by atoms with Crippen LogP contribution in [0.5, 0.6) is 0 Å². The van der Waals surface area contributed by atoms with Crippen LogP contribution in [0.3, 0.4) is 0 Å². The Kier molecular flexibility index (Phi) is 5.34. The summed E-state index contributed by atoms with van der Waals surface area (Å²) >= 11 is 5.81. The number of nitrogens with one attached hydrogen (secondary N) is 1. The first-order valence-corrected chi connectivity index (χ1v) is 5.34. The number of rotatable bonds is 6. The van der Waals surface area contributed by atoms with E-state index in [4.69, 9.17) is 21.4 Å². The first-order valence-electron chi connectivity index (χ1n) is 4.96. The van der Waals surface area contributed by atoms with Crippen molar-refractivity contribution >= 4 is 17.6 Å². The number of carboxylic acid groups (broad SMARTS) is 1. The molecule has 0 saturated carbocycles. The summed E-state index contributed by atoms with van der Waals surface area (Å²) in [6.07, 6.45) is 0.